The first-order valence-corrected chi connectivity index (χ1v) is 7.84. The Morgan fingerprint density at radius 2 is 2.00 bits per heavy atom. The second kappa shape index (κ2) is 7.50. The first kappa shape index (κ1) is 15.9. The van der Waals surface area contributed by atoms with Crippen molar-refractivity contribution in [3.63, 3.8) is 0 Å². The highest BCUT2D eigenvalue weighted by Gasteiger charge is 2.12. The lowest BCUT2D eigenvalue weighted by atomic mass is 10.1. The minimum Gasteiger partial charge on any atom is -0.329 e. The summed E-state index contributed by atoms with van der Waals surface area (Å²) in [6, 6.07) is 15.5. The van der Waals surface area contributed by atoms with Crippen molar-refractivity contribution in [2.24, 2.45) is 5.73 Å². The number of benzene rings is 2. The lowest BCUT2D eigenvalue weighted by Gasteiger charge is -2.15. The van der Waals surface area contributed by atoms with Crippen molar-refractivity contribution >= 4 is 35.0 Å². The first-order chi connectivity index (χ1) is 10.1. The quantitative estimate of drug-likeness (QED) is 0.816. The molecular formula is C16H17ClN2OS. The van der Waals surface area contributed by atoms with Crippen molar-refractivity contribution in [2.45, 2.75) is 17.1 Å². The van der Waals surface area contributed by atoms with Crippen molar-refractivity contribution in [3.8, 4) is 0 Å². The average molecular weight is 321 g/mol. The number of nitrogens with two attached hydrogens (primary N) is 1. The van der Waals surface area contributed by atoms with E-state index in [2.05, 4.69) is 5.32 Å². The summed E-state index contributed by atoms with van der Waals surface area (Å²) in [6.45, 7) is 2.02. The Bertz CT molecular complexity index is 616. The summed E-state index contributed by atoms with van der Waals surface area (Å²) in [7, 11) is 0. The molecule has 2 rings (SSSR count). The highest BCUT2D eigenvalue weighted by molar-refractivity contribution is 7.99. The number of carbonyl (C=O) groups excluding carboxylic acids is 1. The van der Waals surface area contributed by atoms with Crippen LogP contribution in [0.1, 0.15) is 17.7 Å². The summed E-state index contributed by atoms with van der Waals surface area (Å²) >= 11 is 7.71. The standard InChI is InChI=1S/C16H17ClN2OS/c1-11(20)19-14-5-7-15(8-6-14)21-16(10-18)12-3-2-4-13(17)9-12/h2-9,16H,10,18H2,1H3,(H,19,20). The monoisotopic (exact) mass is 320 g/mol. The molecule has 0 aliphatic carbocycles. The summed E-state index contributed by atoms with van der Waals surface area (Å²) in [6.07, 6.45) is 0. The average Bonchev–Trinajstić information content (AvgIpc) is 2.46. The third-order valence-corrected chi connectivity index (χ3v) is 4.42. The van der Waals surface area contributed by atoms with Gasteiger partial charge in [0.1, 0.15) is 0 Å². The Labute approximate surface area is 133 Å². The molecule has 0 spiro atoms. The van der Waals surface area contributed by atoms with Crippen LogP contribution in [0.5, 0.6) is 0 Å². The largest absolute Gasteiger partial charge is 0.329 e. The van der Waals surface area contributed by atoms with Gasteiger partial charge >= 0.3 is 0 Å². The molecule has 5 heteroatoms. The van der Waals surface area contributed by atoms with Gasteiger partial charge < -0.3 is 11.1 Å². The highest BCUT2D eigenvalue weighted by Crippen LogP contribution is 2.35. The summed E-state index contributed by atoms with van der Waals surface area (Å²) < 4.78 is 0. The van der Waals surface area contributed by atoms with Crippen molar-refractivity contribution in [1.29, 1.82) is 0 Å². The molecule has 3 nitrogen and oxygen atoms in total. The molecule has 110 valence electrons. The zero-order chi connectivity index (χ0) is 15.2. The number of nitrogens with one attached hydrogen (secondary N) is 1. The molecule has 2 aromatic carbocycles. The van der Waals surface area contributed by atoms with Crippen molar-refractivity contribution in [3.05, 3.63) is 59.1 Å². The second-order valence-corrected chi connectivity index (χ2v) is 6.32. The fraction of sp³-hybridized carbons (Fsp3) is 0.188. The molecule has 0 saturated heterocycles. The van der Waals surface area contributed by atoms with E-state index in [0.29, 0.717) is 11.6 Å². The van der Waals surface area contributed by atoms with Crippen LogP contribution < -0.4 is 11.1 Å². The molecule has 3 N–H and O–H groups in total. The van der Waals surface area contributed by atoms with Crippen LogP contribution in [0.25, 0.3) is 0 Å². The molecule has 0 fully saturated rings. The molecule has 0 bridgehead atoms. The maximum absolute atomic E-state index is 11.0. The summed E-state index contributed by atoms with van der Waals surface area (Å²) in [5.74, 6) is -0.0748. The molecule has 1 atom stereocenters. The van der Waals surface area contributed by atoms with E-state index in [1.807, 2.05) is 48.5 Å². The van der Waals surface area contributed by atoms with Crippen LogP contribution in [0.15, 0.2) is 53.4 Å². The molecule has 0 aliphatic heterocycles. The highest BCUT2D eigenvalue weighted by atomic mass is 35.5. The molecule has 0 saturated carbocycles. The molecule has 0 radical (unpaired) electrons. The Morgan fingerprint density at radius 3 is 2.57 bits per heavy atom. The van der Waals surface area contributed by atoms with Crippen LogP contribution in [0, 0.1) is 0 Å². The zero-order valence-corrected chi connectivity index (χ0v) is 13.2. The normalized spacial score (nSPS) is 12.0. The molecule has 1 unspecified atom stereocenters. The molecule has 1 amide bonds. The second-order valence-electron chi connectivity index (χ2n) is 4.60. The lowest BCUT2D eigenvalue weighted by molar-refractivity contribution is -0.114. The molecular weight excluding hydrogens is 304 g/mol. The van der Waals surface area contributed by atoms with Gasteiger partial charge in [-0.15, -0.1) is 11.8 Å². The lowest BCUT2D eigenvalue weighted by Crippen LogP contribution is -2.09. The van der Waals surface area contributed by atoms with E-state index in [9.17, 15) is 4.79 Å². The van der Waals surface area contributed by atoms with Gasteiger partial charge in [-0.2, -0.15) is 0 Å². The molecule has 0 heterocycles. The van der Waals surface area contributed by atoms with E-state index in [0.717, 1.165) is 16.1 Å². The number of halogens is 1. The minimum absolute atomic E-state index is 0.0748. The van der Waals surface area contributed by atoms with E-state index in [1.165, 1.54) is 6.92 Å². The fourth-order valence-corrected chi connectivity index (χ4v) is 3.14. The third-order valence-electron chi connectivity index (χ3n) is 2.89. The number of amides is 1. The number of thioether (sulfide) groups is 1. The SMILES string of the molecule is CC(=O)Nc1ccc(SC(CN)c2cccc(Cl)c2)cc1. The van der Waals surface area contributed by atoms with E-state index in [4.69, 9.17) is 17.3 Å². The molecule has 21 heavy (non-hydrogen) atoms. The number of carbonyl (C=O) groups is 1. The van der Waals surface area contributed by atoms with E-state index < -0.39 is 0 Å². The fourth-order valence-electron chi connectivity index (χ4n) is 1.94. The van der Waals surface area contributed by atoms with Gasteiger partial charge in [0, 0.05) is 34.3 Å². The molecule has 2 aromatic rings. The van der Waals surface area contributed by atoms with Gasteiger partial charge in [-0.1, -0.05) is 23.7 Å². The first-order valence-electron chi connectivity index (χ1n) is 6.58. The zero-order valence-electron chi connectivity index (χ0n) is 11.7. The smallest absolute Gasteiger partial charge is 0.221 e. The summed E-state index contributed by atoms with van der Waals surface area (Å²) in [5, 5.41) is 3.61. The Morgan fingerprint density at radius 1 is 1.29 bits per heavy atom. The molecule has 0 aromatic heterocycles. The van der Waals surface area contributed by atoms with Gasteiger partial charge in [0.2, 0.25) is 5.91 Å². The number of hydrogen-bond donors (Lipinski definition) is 2. The Kier molecular flexibility index (Phi) is 5.67. The van der Waals surface area contributed by atoms with E-state index >= 15 is 0 Å². The van der Waals surface area contributed by atoms with Gasteiger partial charge in [-0.25, -0.2) is 0 Å². The predicted octanol–water partition coefficient (Wildman–Crippen LogP) is 4.09. The van der Waals surface area contributed by atoms with Gasteiger partial charge in [0.25, 0.3) is 0 Å². The van der Waals surface area contributed by atoms with Crippen LogP contribution >= 0.6 is 23.4 Å². The maximum atomic E-state index is 11.0. The van der Waals surface area contributed by atoms with Crippen LogP contribution in [-0.2, 0) is 4.79 Å². The third kappa shape index (κ3) is 4.77. The topological polar surface area (TPSA) is 55.1 Å². The van der Waals surface area contributed by atoms with Crippen LogP contribution in [0.2, 0.25) is 5.02 Å². The number of rotatable bonds is 5. The Hall–Kier alpha value is -1.49. The summed E-state index contributed by atoms with van der Waals surface area (Å²) in [4.78, 5) is 12.1. The minimum atomic E-state index is -0.0748. The van der Waals surface area contributed by atoms with Crippen LogP contribution in [-0.4, -0.2) is 12.5 Å². The van der Waals surface area contributed by atoms with Crippen LogP contribution in [0.3, 0.4) is 0 Å². The van der Waals surface area contributed by atoms with E-state index in [-0.39, 0.29) is 11.2 Å². The summed E-state index contributed by atoms with van der Waals surface area (Å²) in [5.41, 5.74) is 7.78. The predicted molar refractivity (Wildman–Crippen MR) is 89.9 cm³/mol. The van der Waals surface area contributed by atoms with Gasteiger partial charge in [-0.05, 0) is 42.0 Å². The number of hydrogen-bond acceptors (Lipinski definition) is 3. The van der Waals surface area contributed by atoms with Gasteiger partial charge in [0.15, 0.2) is 0 Å². The van der Waals surface area contributed by atoms with Gasteiger partial charge in [0.05, 0.1) is 0 Å². The van der Waals surface area contributed by atoms with Crippen molar-refractivity contribution in [2.75, 3.05) is 11.9 Å². The van der Waals surface area contributed by atoms with E-state index in [1.54, 1.807) is 11.8 Å². The number of anilines is 1. The molecule has 0 aliphatic rings. The van der Waals surface area contributed by atoms with Crippen LogP contribution in [0.4, 0.5) is 5.69 Å². The Balaban J connectivity index is 2.10. The maximum Gasteiger partial charge on any atom is 0.221 e. The van der Waals surface area contributed by atoms with Crippen molar-refractivity contribution in [1.82, 2.24) is 0 Å². The van der Waals surface area contributed by atoms with Crippen molar-refractivity contribution < 1.29 is 4.79 Å². The van der Waals surface area contributed by atoms with Gasteiger partial charge in [-0.3, -0.25) is 4.79 Å².